The molecule has 0 spiro atoms. The molecule has 1 aliphatic carbocycles. The van der Waals surface area contributed by atoms with Gasteiger partial charge in [0.15, 0.2) is 0 Å². The zero-order valence-corrected chi connectivity index (χ0v) is 11.9. The Kier molecular flexibility index (Phi) is 4.10. The molecule has 1 saturated carbocycles. The first-order valence-corrected chi connectivity index (χ1v) is 7.03. The lowest BCUT2D eigenvalue weighted by atomic mass is 10.0. The number of benzene rings is 1. The van der Waals surface area contributed by atoms with Gasteiger partial charge in [0.05, 0.1) is 17.2 Å². The molecule has 0 saturated heterocycles. The van der Waals surface area contributed by atoms with Gasteiger partial charge < -0.3 is 9.84 Å². The number of aliphatic hydroxyl groups excluding tert-OH is 1. The topological polar surface area (TPSA) is 29.5 Å². The van der Waals surface area contributed by atoms with Gasteiger partial charge >= 0.3 is 0 Å². The van der Waals surface area contributed by atoms with Gasteiger partial charge in [-0.3, -0.25) is 0 Å². The van der Waals surface area contributed by atoms with E-state index in [1.54, 1.807) is 0 Å². The lowest BCUT2D eigenvalue weighted by molar-refractivity contribution is 0.148. The second-order valence-corrected chi connectivity index (χ2v) is 5.71. The summed E-state index contributed by atoms with van der Waals surface area (Å²) < 4.78 is 6.52. The monoisotopic (exact) mass is 298 g/mol. The average Bonchev–Trinajstić information content (AvgIpc) is 3.04. The Morgan fingerprint density at radius 2 is 2.24 bits per heavy atom. The predicted octanol–water partition coefficient (Wildman–Crippen LogP) is 3.93. The van der Waals surface area contributed by atoms with Crippen LogP contribution in [-0.4, -0.2) is 11.7 Å². The first-order valence-electron chi connectivity index (χ1n) is 6.23. The van der Waals surface area contributed by atoms with Crippen molar-refractivity contribution in [1.29, 1.82) is 0 Å². The third-order valence-electron chi connectivity index (χ3n) is 3.34. The van der Waals surface area contributed by atoms with Crippen molar-refractivity contribution in [3.63, 3.8) is 0 Å². The Morgan fingerprint density at radius 3 is 2.76 bits per heavy atom. The van der Waals surface area contributed by atoms with Crippen LogP contribution in [0.5, 0.6) is 5.75 Å². The normalized spacial score (nSPS) is 24.5. The van der Waals surface area contributed by atoms with Gasteiger partial charge in [-0.05, 0) is 58.3 Å². The molecule has 1 aromatic carbocycles. The van der Waals surface area contributed by atoms with E-state index in [9.17, 15) is 5.11 Å². The molecule has 0 bridgehead atoms. The van der Waals surface area contributed by atoms with E-state index in [1.165, 1.54) is 0 Å². The fourth-order valence-corrected chi connectivity index (χ4v) is 2.58. The van der Waals surface area contributed by atoms with Crippen molar-refractivity contribution in [1.82, 2.24) is 0 Å². The number of aliphatic hydroxyl groups is 1. The molecule has 0 radical (unpaired) electrons. The minimum atomic E-state index is -0.332. The van der Waals surface area contributed by atoms with Crippen LogP contribution in [0.3, 0.4) is 0 Å². The number of rotatable bonds is 5. The van der Waals surface area contributed by atoms with E-state index >= 15 is 0 Å². The van der Waals surface area contributed by atoms with Crippen LogP contribution in [0.2, 0.25) is 0 Å². The van der Waals surface area contributed by atoms with Crippen LogP contribution in [0.15, 0.2) is 22.7 Å². The lowest BCUT2D eigenvalue weighted by Crippen LogP contribution is -2.02. The van der Waals surface area contributed by atoms with E-state index in [4.69, 9.17) is 4.74 Å². The summed E-state index contributed by atoms with van der Waals surface area (Å²) in [5.41, 5.74) is 0.982. The number of hydrogen-bond donors (Lipinski definition) is 1. The molecule has 94 valence electrons. The highest BCUT2D eigenvalue weighted by atomic mass is 79.9. The molecule has 1 aliphatic rings. The predicted molar refractivity (Wildman–Crippen MR) is 72.2 cm³/mol. The van der Waals surface area contributed by atoms with Crippen LogP contribution < -0.4 is 4.74 Å². The largest absolute Gasteiger partial charge is 0.492 e. The summed E-state index contributed by atoms with van der Waals surface area (Å²) in [4.78, 5) is 0. The molecular weight excluding hydrogens is 280 g/mol. The van der Waals surface area contributed by atoms with E-state index in [-0.39, 0.29) is 6.10 Å². The molecular formula is C14H19BrO2. The number of ether oxygens (including phenoxy) is 1. The molecule has 3 atom stereocenters. The molecule has 1 aromatic rings. The molecule has 1 N–H and O–H groups in total. The second-order valence-electron chi connectivity index (χ2n) is 4.86. The Bertz CT molecular complexity index is 392. The summed E-state index contributed by atoms with van der Waals surface area (Å²) in [6.07, 6.45) is 1.80. The third-order valence-corrected chi connectivity index (χ3v) is 3.96. The molecule has 17 heavy (non-hydrogen) atoms. The Morgan fingerprint density at radius 1 is 1.53 bits per heavy atom. The maximum absolute atomic E-state index is 10.2. The standard InChI is InChI=1S/C14H19BrO2/c1-3-6-17-13-5-4-10(8-12(13)15)14(16)11-7-9(11)2/h4-5,8-9,11,14,16H,3,6-7H2,1-2H3. The molecule has 3 heteroatoms. The highest BCUT2D eigenvalue weighted by Crippen LogP contribution is 2.47. The molecule has 0 heterocycles. The Hall–Kier alpha value is -0.540. The summed E-state index contributed by atoms with van der Waals surface area (Å²) in [5.74, 6) is 1.94. The van der Waals surface area contributed by atoms with Gasteiger partial charge in [0.2, 0.25) is 0 Å². The molecule has 2 nitrogen and oxygen atoms in total. The zero-order valence-electron chi connectivity index (χ0n) is 10.3. The first kappa shape index (κ1) is 12.9. The molecule has 0 amide bonds. The molecule has 3 unspecified atom stereocenters. The number of halogens is 1. The van der Waals surface area contributed by atoms with Crippen molar-refractivity contribution in [3.8, 4) is 5.75 Å². The fourth-order valence-electron chi connectivity index (χ4n) is 2.07. The van der Waals surface area contributed by atoms with Crippen LogP contribution in [0.4, 0.5) is 0 Å². The van der Waals surface area contributed by atoms with Gasteiger partial charge in [-0.2, -0.15) is 0 Å². The van der Waals surface area contributed by atoms with Crippen molar-refractivity contribution in [2.45, 2.75) is 32.8 Å². The highest BCUT2D eigenvalue weighted by Gasteiger charge is 2.39. The van der Waals surface area contributed by atoms with E-state index in [2.05, 4.69) is 29.8 Å². The molecule has 0 aliphatic heterocycles. The first-order chi connectivity index (χ1) is 8.13. The minimum Gasteiger partial charge on any atom is -0.492 e. The van der Waals surface area contributed by atoms with E-state index in [0.29, 0.717) is 11.8 Å². The Balaban J connectivity index is 2.07. The summed E-state index contributed by atoms with van der Waals surface area (Å²) in [6, 6.07) is 5.87. The van der Waals surface area contributed by atoms with Crippen molar-refractivity contribution < 1.29 is 9.84 Å². The van der Waals surface area contributed by atoms with E-state index < -0.39 is 0 Å². The second kappa shape index (κ2) is 5.40. The van der Waals surface area contributed by atoms with Crippen molar-refractivity contribution >= 4 is 15.9 Å². The molecule has 2 rings (SSSR count). The van der Waals surface area contributed by atoms with E-state index in [0.717, 1.165) is 35.2 Å². The van der Waals surface area contributed by atoms with Gasteiger partial charge in [-0.15, -0.1) is 0 Å². The van der Waals surface area contributed by atoms with Crippen LogP contribution in [0.25, 0.3) is 0 Å². The third kappa shape index (κ3) is 3.02. The summed E-state index contributed by atoms with van der Waals surface area (Å²) >= 11 is 3.49. The van der Waals surface area contributed by atoms with Crippen LogP contribution in [-0.2, 0) is 0 Å². The van der Waals surface area contributed by atoms with Crippen molar-refractivity contribution in [2.24, 2.45) is 11.8 Å². The quantitative estimate of drug-likeness (QED) is 0.892. The highest BCUT2D eigenvalue weighted by molar-refractivity contribution is 9.10. The molecule has 0 aromatic heterocycles. The Labute approximate surface area is 111 Å². The smallest absolute Gasteiger partial charge is 0.133 e. The van der Waals surface area contributed by atoms with Crippen molar-refractivity contribution in [3.05, 3.63) is 28.2 Å². The van der Waals surface area contributed by atoms with Gasteiger partial charge in [0.1, 0.15) is 5.75 Å². The zero-order chi connectivity index (χ0) is 12.4. The average molecular weight is 299 g/mol. The van der Waals surface area contributed by atoms with Crippen LogP contribution in [0, 0.1) is 11.8 Å². The van der Waals surface area contributed by atoms with Crippen LogP contribution in [0.1, 0.15) is 38.4 Å². The maximum Gasteiger partial charge on any atom is 0.133 e. The van der Waals surface area contributed by atoms with Gasteiger partial charge in [0.25, 0.3) is 0 Å². The van der Waals surface area contributed by atoms with Crippen LogP contribution >= 0.6 is 15.9 Å². The lowest BCUT2D eigenvalue weighted by Gasteiger charge is -2.13. The fraction of sp³-hybridized carbons (Fsp3) is 0.571. The van der Waals surface area contributed by atoms with Gasteiger partial charge in [-0.1, -0.05) is 19.9 Å². The van der Waals surface area contributed by atoms with E-state index in [1.807, 2.05) is 18.2 Å². The number of hydrogen-bond acceptors (Lipinski definition) is 2. The summed E-state index contributed by atoms with van der Waals surface area (Å²) in [7, 11) is 0. The molecule has 1 fully saturated rings. The summed E-state index contributed by atoms with van der Waals surface area (Å²) in [6.45, 7) is 4.99. The van der Waals surface area contributed by atoms with Gasteiger partial charge in [0, 0.05) is 0 Å². The minimum absolute atomic E-state index is 0.332. The van der Waals surface area contributed by atoms with Crippen molar-refractivity contribution in [2.75, 3.05) is 6.61 Å². The maximum atomic E-state index is 10.2. The summed E-state index contributed by atoms with van der Waals surface area (Å²) in [5, 5.41) is 10.2. The SMILES string of the molecule is CCCOc1ccc(C(O)C2CC2C)cc1Br. The van der Waals surface area contributed by atoms with Gasteiger partial charge in [-0.25, -0.2) is 0 Å².